The number of nitrogens with zero attached hydrogens (tertiary/aromatic N) is 1. The zero-order valence-corrected chi connectivity index (χ0v) is 27.4. The van der Waals surface area contributed by atoms with Gasteiger partial charge in [0.2, 0.25) is 5.91 Å². The minimum atomic E-state index is -0.785. The first-order valence-electron chi connectivity index (χ1n) is 16.9. The Morgan fingerprint density at radius 1 is 0.708 bits per heavy atom. The van der Waals surface area contributed by atoms with Crippen molar-refractivity contribution >= 4 is 17.6 Å². The van der Waals surface area contributed by atoms with E-state index < -0.39 is 12.3 Å². The zero-order valence-electron chi connectivity index (χ0n) is 27.4. The highest BCUT2D eigenvalue weighted by molar-refractivity contribution is 5.90. The molecule has 1 aliphatic rings. The third-order valence-corrected chi connectivity index (χ3v) is 8.56. The Balaban J connectivity index is 1.30. The Bertz CT molecular complexity index is 1520. The maximum atomic E-state index is 12.7. The van der Waals surface area contributed by atoms with E-state index in [1.54, 1.807) is 0 Å². The van der Waals surface area contributed by atoms with Gasteiger partial charge in [-0.15, -0.1) is 0 Å². The summed E-state index contributed by atoms with van der Waals surface area (Å²) in [5, 5.41) is 21.4. The summed E-state index contributed by atoms with van der Waals surface area (Å²) in [6.07, 6.45) is 3.14. The first-order chi connectivity index (χ1) is 23.4. The minimum absolute atomic E-state index is 0.0165. The number of rotatable bonds is 17. The van der Waals surface area contributed by atoms with Gasteiger partial charge in [-0.25, -0.2) is 0 Å². The topological polar surface area (TPSA) is 108 Å². The number of carbonyl (C=O) groups excluding carboxylic acids is 1. The number of carboxylic acids is 1. The van der Waals surface area contributed by atoms with Crippen LogP contribution in [0, 0.1) is 0 Å². The van der Waals surface area contributed by atoms with E-state index in [0.717, 1.165) is 42.6 Å². The van der Waals surface area contributed by atoms with Crippen LogP contribution in [-0.2, 0) is 38.8 Å². The molecule has 0 saturated carbocycles. The Labute approximate surface area is 283 Å². The van der Waals surface area contributed by atoms with Crippen molar-refractivity contribution in [3.63, 3.8) is 0 Å². The van der Waals surface area contributed by atoms with E-state index in [9.17, 15) is 14.7 Å². The number of hydrogen-bond acceptors (Lipinski definition) is 6. The van der Waals surface area contributed by atoms with Crippen LogP contribution in [0.15, 0.2) is 109 Å². The summed E-state index contributed by atoms with van der Waals surface area (Å²) in [7, 11) is 0. The molecule has 1 amide bonds. The van der Waals surface area contributed by atoms with E-state index in [1.807, 2.05) is 60.7 Å². The summed E-state index contributed by atoms with van der Waals surface area (Å²) in [5.74, 6) is -0.861. The second-order valence-corrected chi connectivity index (χ2v) is 12.5. The van der Waals surface area contributed by atoms with Crippen LogP contribution in [0.2, 0.25) is 0 Å². The minimum Gasteiger partial charge on any atom is -0.481 e. The monoisotopic (exact) mass is 650 g/mol. The smallest absolute Gasteiger partial charge is 0.303 e. The van der Waals surface area contributed by atoms with Crippen molar-refractivity contribution in [3.8, 4) is 0 Å². The molecule has 1 heterocycles. The van der Waals surface area contributed by atoms with Crippen LogP contribution in [0.3, 0.4) is 0 Å². The number of benzene rings is 4. The third kappa shape index (κ3) is 11.1. The second-order valence-electron chi connectivity index (χ2n) is 12.5. The van der Waals surface area contributed by atoms with Crippen LogP contribution in [0.5, 0.6) is 0 Å². The number of amides is 1. The van der Waals surface area contributed by atoms with Crippen molar-refractivity contribution < 1.29 is 29.3 Å². The Morgan fingerprint density at radius 3 is 1.98 bits per heavy atom. The summed E-state index contributed by atoms with van der Waals surface area (Å²) in [6.45, 7) is 2.23. The van der Waals surface area contributed by atoms with E-state index in [-0.39, 0.29) is 31.1 Å². The summed E-state index contributed by atoms with van der Waals surface area (Å²) < 4.78 is 13.3. The van der Waals surface area contributed by atoms with Gasteiger partial charge in [0.05, 0.1) is 18.8 Å². The number of anilines is 1. The van der Waals surface area contributed by atoms with Crippen LogP contribution in [0.1, 0.15) is 85.2 Å². The molecule has 1 fully saturated rings. The molecule has 0 unspecified atom stereocenters. The number of ether oxygens (including phenoxy) is 2. The molecule has 0 aromatic heterocycles. The lowest BCUT2D eigenvalue weighted by Crippen LogP contribution is -2.39. The fourth-order valence-electron chi connectivity index (χ4n) is 6.09. The normalized spacial score (nSPS) is 17.7. The lowest BCUT2D eigenvalue weighted by Gasteiger charge is -2.38. The molecule has 8 heteroatoms. The average molecular weight is 651 g/mol. The molecule has 4 aromatic rings. The molecule has 1 saturated heterocycles. The van der Waals surface area contributed by atoms with Crippen molar-refractivity contribution in [2.45, 2.75) is 83.1 Å². The number of nitrogens with one attached hydrogen (secondary N) is 1. The molecule has 0 spiro atoms. The zero-order chi connectivity index (χ0) is 33.6. The average Bonchev–Trinajstić information content (AvgIpc) is 3.10. The molecule has 1 aliphatic heterocycles. The molecule has 4 aromatic carbocycles. The molecule has 5 rings (SSSR count). The molecule has 0 aliphatic carbocycles. The molecule has 48 heavy (non-hydrogen) atoms. The SMILES string of the molecule is O=C(O)CCCCCCC(=O)Nc1cccc([C@H]2O[C@@H](CN(Cc3ccccc3)Cc3ccccc3)C[C@@H](c3ccc(CO)cc3)O2)c1. The number of carbonyl (C=O) groups is 2. The standard InChI is InChI=1S/C40H46N2O6/c43-29-32-20-22-33(23-21-32)37-25-36(28-42(26-30-12-5-3-6-13-30)27-31-14-7-4-8-15-31)47-40(48-37)34-16-11-17-35(24-34)41-38(44)18-9-1-2-10-19-39(45)46/h3-8,11-17,20-24,36-37,40,43H,1-2,9-10,18-19,25-29H2,(H,41,44)(H,45,46)/t36-,37+,40+/m1/s1. The van der Waals surface area contributed by atoms with Crippen LogP contribution >= 0.6 is 0 Å². The molecule has 252 valence electrons. The van der Waals surface area contributed by atoms with E-state index in [0.29, 0.717) is 37.9 Å². The first-order valence-corrected chi connectivity index (χ1v) is 16.9. The highest BCUT2D eigenvalue weighted by atomic mass is 16.7. The fraction of sp³-hybridized carbons (Fsp3) is 0.350. The molecular weight excluding hydrogens is 604 g/mol. The van der Waals surface area contributed by atoms with Crippen LogP contribution in [-0.4, -0.2) is 39.6 Å². The lowest BCUT2D eigenvalue weighted by atomic mass is 9.99. The molecule has 3 N–H and O–H groups in total. The number of aliphatic hydroxyl groups is 1. The van der Waals surface area contributed by atoms with Gasteiger partial charge in [-0.1, -0.05) is 110 Å². The van der Waals surface area contributed by atoms with Gasteiger partial charge in [0, 0.05) is 50.1 Å². The van der Waals surface area contributed by atoms with Crippen molar-refractivity contribution in [1.29, 1.82) is 0 Å². The predicted octanol–water partition coefficient (Wildman–Crippen LogP) is 7.79. The Morgan fingerprint density at radius 2 is 1.35 bits per heavy atom. The van der Waals surface area contributed by atoms with Gasteiger partial charge in [0.1, 0.15) is 0 Å². The van der Waals surface area contributed by atoms with Gasteiger partial charge in [-0.3, -0.25) is 14.5 Å². The van der Waals surface area contributed by atoms with Gasteiger partial charge in [-0.05, 0) is 47.2 Å². The third-order valence-electron chi connectivity index (χ3n) is 8.56. The van der Waals surface area contributed by atoms with Gasteiger partial charge < -0.3 is 25.0 Å². The highest BCUT2D eigenvalue weighted by Gasteiger charge is 2.33. The van der Waals surface area contributed by atoms with Gasteiger partial charge in [0.25, 0.3) is 0 Å². The van der Waals surface area contributed by atoms with Crippen molar-refractivity contribution in [1.82, 2.24) is 4.90 Å². The van der Waals surface area contributed by atoms with Gasteiger partial charge in [-0.2, -0.15) is 0 Å². The summed E-state index contributed by atoms with van der Waals surface area (Å²) in [6, 6.07) is 36.4. The van der Waals surface area contributed by atoms with Crippen LogP contribution in [0.25, 0.3) is 0 Å². The summed E-state index contributed by atoms with van der Waals surface area (Å²) in [5.41, 5.74) is 5.83. The van der Waals surface area contributed by atoms with Gasteiger partial charge in [0.15, 0.2) is 6.29 Å². The largest absolute Gasteiger partial charge is 0.481 e. The summed E-state index contributed by atoms with van der Waals surface area (Å²) >= 11 is 0. The second kappa shape index (κ2) is 18.3. The number of aliphatic hydroxyl groups excluding tert-OH is 1. The molecule has 0 bridgehead atoms. The number of aliphatic carboxylic acids is 1. The fourth-order valence-corrected chi connectivity index (χ4v) is 6.09. The summed E-state index contributed by atoms with van der Waals surface area (Å²) in [4.78, 5) is 25.8. The molecule has 0 radical (unpaired) electrons. The number of carboxylic acid groups (broad SMARTS) is 1. The van der Waals surface area contributed by atoms with Crippen molar-refractivity contribution in [2.24, 2.45) is 0 Å². The highest BCUT2D eigenvalue weighted by Crippen LogP contribution is 2.39. The van der Waals surface area contributed by atoms with Crippen LogP contribution < -0.4 is 5.32 Å². The van der Waals surface area contributed by atoms with E-state index >= 15 is 0 Å². The van der Waals surface area contributed by atoms with Crippen molar-refractivity contribution in [2.75, 3.05) is 11.9 Å². The Hall–Kier alpha value is -4.34. The van der Waals surface area contributed by atoms with E-state index in [2.05, 4.69) is 58.7 Å². The van der Waals surface area contributed by atoms with Crippen molar-refractivity contribution in [3.05, 3.63) is 137 Å². The number of unbranched alkanes of at least 4 members (excludes halogenated alkanes) is 3. The maximum Gasteiger partial charge on any atom is 0.303 e. The van der Waals surface area contributed by atoms with E-state index in [1.165, 1.54) is 11.1 Å². The molecular formula is C40H46N2O6. The van der Waals surface area contributed by atoms with Crippen LogP contribution in [0.4, 0.5) is 5.69 Å². The predicted molar refractivity (Wildman–Crippen MR) is 186 cm³/mol. The number of hydrogen-bond donors (Lipinski definition) is 3. The Kier molecular flexibility index (Phi) is 13.3. The molecule has 8 nitrogen and oxygen atoms in total. The van der Waals surface area contributed by atoms with E-state index in [4.69, 9.17) is 14.6 Å². The quantitative estimate of drug-likeness (QED) is 0.100. The molecule has 3 atom stereocenters. The van der Waals surface area contributed by atoms with Gasteiger partial charge >= 0.3 is 5.97 Å². The maximum absolute atomic E-state index is 12.7. The lowest BCUT2D eigenvalue weighted by molar-refractivity contribution is -0.253. The first kappa shape index (κ1) is 35.0.